The van der Waals surface area contributed by atoms with Gasteiger partial charge in [-0.05, 0) is 26.8 Å². The summed E-state index contributed by atoms with van der Waals surface area (Å²) in [7, 11) is 0. The van der Waals surface area contributed by atoms with Gasteiger partial charge in [0.15, 0.2) is 11.3 Å². The maximum atomic E-state index is 11.8. The van der Waals surface area contributed by atoms with Crippen LogP contribution < -0.4 is 16.6 Å². The maximum absolute atomic E-state index is 11.8. The Hall–Kier alpha value is -2.42. The molecule has 2 heterocycles. The van der Waals surface area contributed by atoms with Gasteiger partial charge in [-0.3, -0.25) is 0 Å². The first kappa shape index (κ1) is 18.9. The Balaban J connectivity index is 2.79. The Morgan fingerprint density at radius 1 is 1.16 bits per heavy atom. The van der Waals surface area contributed by atoms with Gasteiger partial charge in [-0.25, -0.2) is 9.59 Å². The first-order chi connectivity index (χ1) is 11.6. The molecule has 0 fully saturated rings. The Bertz CT molecular complexity index is 906. The normalized spacial score (nSPS) is 13.0. The van der Waals surface area contributed by atoms with Gasteiger partial charge in [-0.1, -0.05) is 0 Å². The van der Waals surface area contributed by atoms with Gasteiger partial charge in [0.2, 0.25) is 0 Å². The molecular weight excluding hydrogens is 330 g/mol. The molecule has 2 aromatic heterocycles. The van der Waals surface area contributed by atoms with Crippen LogP contribution in [0.5, 0.6) is 5.75 Å². The molecule has 3 aromatic rings. The van der Waals surface area contributed by atoms with E-state index in [4.69, 9.17) is 8.83 Å². The molecule has 0 saturated heterocycles. The van der Waals surface area contributed by atoms with E-state index in [-0.39, 0.29) is 34.4 Å². The van der Waals surface area contributed by atoms with E-state index in [1.54, 1.807) is 0 Å². The van der Waals surface area contributed by atoms with Gasteiger partial charge in [-0.15, -0.1) is 0 Å². The van der Waals surface area contributed by atoms with Crippen LogP contribution in [0.2, 0.25) is 0 Å². The Kier molecular flexibility index (Phi) is 5.46. The van der Waals surface area contributed by atoms with Crippen LogP contribution in [-0.2, 0) is 6.61 Å². The molecule has 8 nitrogen and oxygen atoms in total. The summed E-state index contributed by atoms with van der Waals surface area (Å²) in [6, 6.07) is 2.93. The molecule has 0 radical (unpaired) electrons. The third kappa shape index (κ3) is 4.56. The van der Waals surface area contributed by atoms with E-state index in [9.17, 15) is 24.9 Å². The van der Waals surface area contributed by atoms with Crippen LogP contribution in [0.3, 0.4) is 0 Å². The minimum atomic E-state index is -1.14. The van der Waals surface area contributed by atoms with Gasteiger partial charge < -0.3 is 29.5 Å². The van der Waals surface area contributed by atoms with E-state index >= 15 is 0 Å². The first-order valence-electron chi connectivity index (χ1n) is 7.66. The lowest BCUT2D eigenvalue weighted by atomic mass is 10.0. The smallest absolute Gasteiger partial charge is 0.336 e. The van der Waals surface area contributed by atoms with Crippen molar-refractivity contribution in [3.63, 3.8) is 0 Å². The highest BCUT2D eigenvalue weighted by molar-refractivity contribution is 5.73. The van der Waals surface area contributed by atoms with Crippen molar-refractivity contribution in [1.82, 2.24) is 5.32 Å². The van der Waals surface area contributed by atoms with Crippen LogP contribution in [-0.4, -0.2) is 27.4 Å². The zero-order valence-electron chi connectivity index (χ0n) is 14.2. The van der Waals surface area contributed by atoms with E-state index in [1.807, 2.05) is 20.8 Å². The largest absolute Gasteiger partial charge is 0.504 e. The Labute approximate surface area is 143 Å². The molecule has 0 amide bonds. The van der Waals surface area contributed by atoms with Crippen molar-refractivity contribution < 1.29 is 24.2 Å². The third-order valence-corrected chi connectivity index (χ3v) is 3.45. The standard InChI is InChI=1S/C17H21NO7/c1-17(2,3)18-7-11(20)9-6-12-15(23)10(8-19)16(9)25-14(22)5-4-13(21)24-12/h4-6,11,18-20,23H,7-8H2,1-3H3. The van der Waals surface area contributed by atoms with Gasteiger partial charge in [0.25, 0.3) is 0 Å². The number of benzene rings is 1. The van der Waals surface area contributed by atoms with E-state index in [2.05, 4.69) is 5.32 Å². The summed E-state index contributed by atoms with van der Waals surface area (Å²) < 4.78 is 10.1. The van der Waals surface area contributed by atoms with Crippen LogP contribution >= 0.6 is 0 Å². The average molecular weight is 351 g/mol. The summed E-state index contributed by atoms with van der Waals surface area (Å²) in [5, 5.41) is 33.3. The molecule has 4 N–H and O–H groups in total. The molecule has 1 aromatic carbocycles. The number of aliphatic hydroxyl groups is 2. The summed E-state index contributed by atoms with van der Waals surface area (Å²) in [4.78, 5) is 23.5. The summed E-state index contributed by atoms with van der Waals surface area (Å²) in [6.07, 6.45) is -1.14. The van der Waals surface area contributed by atoms with Crippen molar-refractivity contribution in [2.24, 2.45) is 0 Å². The number of hydrogen-bond donors (Lipinski definition) is 4. The van der Waals surface area contributed by atoms with Gasteiger partial charge in [0.1, 0.15) is 5.58 Å². The molecule has 1 unspecified atom stereocenters. The lowest BCUT2D eigenvalue weighted by Crippen LogP contribution is -2.38. The molecular formula is C17H21NO7. The Morgan fingerprint density at radius 2 is 1.76 bits per heavy atom. The van der Waals surface area contributed by atoms with Crippen LogP contribution in [0.15, 0.2) is 36.6 Å². The second kappa shape index (κ2) is 7.22. The van der Waals surface area contributed by atoms with Crippen molar-refractivity contribution >= 4 is 11.2 Å². The number of fused-ring (bicyclic) bond motifs is 7. The number of nitrogens with one attached hydrogen (secondary N) is 1. The zero-order chi connectivity index (χ0) is 18.8. The summed E-state index contributed by atoms with van der Waals surface area (Å²) in [6.45, 7) is 5.15. The second-order valence-electron chi connectivity index (χ2n) is 6.60. The molecule has 25 heavy (non-hydrogen) atoms. The average Bonchev–Trinajstić information content (AvgIpc) is 2.52. The lowest BCUT2D eigenvalue weighted by molar-refractivity contribution is 0.163. The summed E-state index contributed by atoms with van der Waals surface area (Å²) in [5.41, 5.74) is -2.55. The van der Waals surface area contributed by atoms with Gasteiger partial charge in [0.05, 0.1) is 18.3 Å². The second-order valence-corrected chi connectivity index (χ2v) is 6.60. The number of hydrogen-bond acceptors (Lipinski definition) is 8. The molecule has 8 heteroatoms. The van der Waals surface area contributed by atoms with E-state index < -0.39 is 29.7 Å². The van der Waals surface area contributed by atoms with E-state index in [0.717, 1.165) is 12.1 Å². The van der Waals surface area contributed by atoms with Crippen molar-refractivity contribution in [1.29, 1.82) is 0 Å². The SMILES string of the molecule is CC(C)(C)NCC(O)c1cc2oc(=O)ccc(=O)oc1c(CO)c2O. The first-order valence-corrected chi connectivity index (χ1v) is 7.66. The number of β-amino-alcohol motifs (C(OH)–C–C–N with tert-alkyl or cyclic N) is 1. The molecule has 0 spiro atoms. The van der Waals surface area contributed by atoms with Crippen LogP contribution in [0.1, 0.15) is 38.0 Å². The van der Waals surface area contributed by atoms with Gasteiger partial charge in [0, 0.05) is 29.8 Å². The fourth-order valence-electron chi connectivity index (χ4n) is 2.22. The molecule has 1 atom stereocenters. The molecule has 3 rings (SSSR count). The van der Waals surface area contributed by atoms with Crippen LogP contribution in [0, 0.1) is 0 Å². The summed E-state index contributed by atoms with van der Waals surface area (Å²) in [5.74, 6) is -0.534. The summed E-state index contributed by atoms with van der Waals surface area (Å²) >= 11 is 0. The highest BCUT2D eigenvalue weighted by Crippen LogP contribution is 2.33. The third-order valence-electron chi connectivity index (χ3n) is 3.45. The van der Waals surface area contributed by atoms with Crippen molar-refractivity contribution in [2.45, 2.75) is 39.0 Å². The number of aliphatic hydroxyl groups excluding tert-OH is 2. The molecule has 0 aliphatic heterocycles. The molecule has 0 aliphatic rings. The zero-order valence-corrected chi connectivity index (χ0v) is 14.2. The van der Waals surface area contributed by atoms with Crippen molar-refractivity contribution in [3.05, 3.63) is 50.2 Å². The minimum Gasteiger partial charge on any atom is -0.504 e. The minimum absolute atomic E-state index is 0.102. The van der Waals surface area contributed by atoms with E-state index in [1.165, 1.54) is 6.07 Å². The van der Waals surface area contributed by atoms with Crippen LogP contribution in [0.25, 0.3) is 11.2 Å². The lowest BCUT2D eigenvalue weighted by Gasteiger charge is -2.23. The predicted octanol–water partition coefficient (Wildman–Crippen LogP) is 0.928. The van der Waals surface area contributed by atoms with Crippen LogP contribution in [0.4, 0.5) is 0 Å². The topological polar surface area (TPSA) is 133 Å². The highest BCUT2D eigenvalue weighted by Gasteiger charge is 2.22. The maximum Gasteiger partial charge on any atom is 0.336 e. The van der Waals surface area contributed by atoms with E-state index in [0.29, 0.717) is 0 Å². The quantitative estimate of drug-likeness (QED) is 0.639. The molecule has 0 aliphatic carbocycles. The monoisotopic (exact) mass is 351 g/mol. The van der Waals surface area contributed by atoms with Gasteiger partial charge in [-0.2, -0.15) is 0 Å². The number of phenols is 1. The molecule has 2 bridgehead atoms. The number of aromatic hydroxyl groups is 1. The van der Waals surface area contributed by atoms with Crippen molar-refractivity contribution in [2.75, 3.05) is 6.54 Å². The fraction of sp³-hybridized carbons (Fsp3) is 0.412. The highest BCUT2D eigenvalue weighted by atomic mass is 16.4. The van der Waals surface area contributed by atoms with Gasteiger partial charge >= 0.3 is 11.3 Å². The van der Waals surface area contributed by atoms with Crippen molar-refractivity contribution in [3.8, 4) is 5.75 Å². The Morgan fingerprint density at radius 3 is 2.32 bits per heavy atom. The molecule has 136 valence electrons. The molecule has 0 saturated carbocycles. The fourth-order valence-corrected chi connectivity index (χ4v) is 2.22. The number of rotatable bonds is 4. The predicted molar refractivity (Wildman–Crippen MR) is 90.1 cm³/mol.